The van der Waals surface area contributed by atoms with E-state index in [4.69, 9.17) is 4.74 Å². The van der Waals surface area contributed by atoms with Crippen molar-refractivity contribution >= 4 is 21.6 Å². The Morgan fingerprint density at radius 2 is 1.76 bits per heavy atom. The molecule has 0 bridgehead atoms. The number of hydrogen-bond acceptors (Lipinski definition) is 4. The summed E-state index contributed by atoms with van der Waals surface area (Å²) in [5.41, 5.74) is -0.00579. The largest absolute Gasteiger partial charge is 0.483 e. The Kier molecular flexibility index (Phi) is 6.49. The number of piperidine rings is 1. The fourth-order valence-corrected chi connectivity index (χ4v) is 4.74. The molecule has 1 amide bonds. The first-order valence-corrected chi connectivity index (χ1v) is 10.7. The number of rotatable bonds is 6. The molecule has 1 aliphatic heterocycles. The summed E-state index contributed by atoms with van der Waals surface area (Å²) in [6.45, 7) is 2.20. The number of halogens is 2. The summed E-state index contributed by atoms with van der Waals surface area (Å²) in [5.74, 6) is -2.20. The van der Waals surface area contributed by atoms with Crippen LogP contribution in [0.15, 0.2) is 41.3 Å². The van der Waals surface area contributed by atoms with Crippen molar-refractivity contribution in [2.24, 2.45) is 0 Å². The molecule has 1 N–H and O–H groups in total. The summed E-state index contributed by atoms with van der Waals surface area (Å²) in [7, 11) is -3.57. The molecular weight excluding hydrogens is 402 g/mol. The number of anilines is 1. The maximum Gasteiger partial charge on any atom is 0.262 e. The number of hydrogen-bond donors (Lipinski definition) is 1. The Morgan fingerprint density at radius 1 is 1.10 bits per heavy atom. The number of aryl methyl sites for hydroxylation is 1. The maximum atomic E-state index is 13.6. The summed E-state index contributed by atoms with van der Waals surface area (Å²) >= 11 is 0. The molecule has 0 aromatic heterocycles. The molecule has 1 aliphatic rings. The van der Waals surface area contributed by atoms with Gasteiger partial charge in [0.05, 0.1) is 4.90 Å². The van der Waals surface area contributed by atoms with Crippen LogP contribution in [0.3, 0.4) is 0 Å². The summed E-state index contributed by atoms with van der Waals surface area (Å²) in [5, 5.41) is 2.13. The van der Waals surface area contributed by atoms with Crippen LogP contribution in [0.2, 0.25) is 0 Å². The average Bonchev–Trinajstić information content (AvgIpc) is 2.70. The van der Waals surface area contributed by atoms with Gasteiger partial charge in [0.15, 0.2) is 6.61 Å². The van der Waals surface area contributed by atoms with Crippen molar-refractivity contribution in [2.75, 3.05) is 25.0 Å². The van der Waals surface area contributed by atoms with Gasteiger partial charge in [-0.05, 0) is 55.7 Å². The minimum Gasteiger partial charge on any atom is -0.483 e. The van der Waals surface area contributed by atoms with Gasteiger partial charge >= 0.3 is 0 Å². The number of nitrogens with one attached hydrogen (secondary N) is 1. The molecule has 0 radical (unpaired) electrons. The summed E-state index contributed by atoms with van der Waals surface area (Å²) in [6.07, 6.45) is 2.71. The molecule has 9 heteroatoms. The monoisotopic (exact) mass is 424 g/mol. The van der Waals surface area contributed by atoms with Gasteiger partial charge in [0.2, 0.25) is 10.0 Å². The number of nitrogens with zero attached hydrogens (tertiary/aromatic N) is 1. The Balaban J connectivity index is 1.65. The van der Waals surface area contributed by atoms with Gasteiger partial charge < -0.3 is 10.1 Å². The van der Waals surface area contributed by atoms with Crippen LogP contribution in [0.5, 0.6) is 5.75 Å². The van der Waals surface area contributed by atoms with Gasteiger partial charge in [0.25, 0.3) is 5.91 Å². The number of amides is 1. The minimum absolute atomic E-state index is 0.169. The SMILES string of the molecule is Cc1cc(S(=O)(=O)N2CCCCC2)ccc1OCC(=O)Nc1c(F)cccc1F. The zero-order valence-corrected chi connectivity index (χ0v) is 16.8. The van der Waals surface area contributed by atoms with Crippen molar-refractivity contribution < 1.29 is 26.7 Å². The third-order valence-electron chi connectivity index (χ3n) is 4.69. The quantitative estimate of drug-likeness (QED) is 0.771. The fraction of sp³-hybridized carbons (Fsp3) is 0.350. The Bertz CT molecular complexity index is 985. The van der Waals surface area contributed by atoms with E-state index < -0.39 is 39.9 Å². The Labute approximate surface area is 168 Å². The Morgan fingerprint density at radius 3 is 2.38 bits per heavy atom. The molecule has 2 aromatic carbocycles. The van der Waals surface area contributed by atoms with Gasteiger partial charge in [-0.1, -0.05) is 12.5 Å². The molecule has 0 unspecified atom stereocenters. The van der Waals surface area contributed by atoms with Crippen molar-refractivity contribution in [3.05, 3.63) is 53.6 Å². The van der Waals surface area contributed by atoms with E-state index in [2.05, 4.69) is 5.32 Å². The molecule has 0 spiro atoms. The molecule has 1 heterocycles. The van der Waals surface area contributed by atoms with Gasteiger partial charge in [-0.3, -0.25) is 4.79 Å². The summed E-state index contributed by atoms with van der Waals surface area (Å²) < 4.78 is 59.5. The van der Waals surface area contributed by atoms with Crippen molar-refractivity contribution in [2.45, 2.75) is 31.1 Å². The molecule has 1 saturated heterocycles. The topological polar surface area (TPSA) is 75.7 Å². The lowest BCUT2D eigenvalue weighted by Crippen LogP contribution is -2.35. The second-order valence-electron chi connectivity index (χ2n) is 6.83. The van der Waals surface area contributed by atoms with Gasteiger partial charge in [-0.15, -0.1) is 0 Å². The van der Waals surface area contributed by atoms with Crippen molar-refractivity contribution in [1.29, 1.82) is 0 Å². The van der Waals surface area contributed by atoms with Crippen molar-refractivity contribution in [1.82, 2.24) is 4.31 Å². The van der Waals surface area contributed by atoms with Crippen LogP contribution >= 0.6 is 0 Å². The lowest BCUT2D eigenvalue weighted by Gasteiger charge is -2.26. The van der Waals surface area contributed by atoms with Crippen molar-refractivity contribution in [3.8, 4) is 5.75 Å². The normalized spacial score (nSPS) is 15.1. The molecule has 0 saturated carbocycles. The minimum atomic E-state index is -3.57. The highest BCUT2D eigenvalue weighted by Gasteiger charge is 2.26. The molecule has 3 rings (SSSR count). The van der Waals surface area contributed by atoms with Crippen LogP contribution in [0, 0.1) is 18.6 Å². The predicted octanol–water partition coefficient (Wildman–Crippen LogP) is 3.47. The highest BCUT2D eigenvalue weighted by molar-refractivity contribution is 7.89. The molecule has 1 fully saturated rings. The van der Waals surface area contributed by atoms with E-state index in [1.807, 2.05) is 0 Å². The average molecular weight is 424 g/mol. The summed E-state index contributed by atoms with van der Waals surface area (Å²) in [6, 6.07) is 7.66. The third kappa shape index (κ3) is 4.91. The van der Waals surface area contributed by atoms with Gasteiger partial charge in [-0.25, -0.2) is 17.2 Å². The van der Waals surface area contributed by atoms with E-state index >= 15 is 0 Å². The highest BCUT2D eigenvalue weighted by atomic mass is 32.2. The van der Waals surface area contributed by atoms with E-state index in [1.54, 1.807) is 6.92 Å². The number of ether oxygens (including phenoxy) is 1. The van der Waals surface area contributed by atoms with E-state index in [9.17, 15) is 22.0 Å². The predicted molar refractivity (Wildman–Crippen MR) is 104 cm³/mol. The summed E-state index contributed by atoms with van der Waals surface area (Å²) in [4.78, 5) is 12.1. The van der Waals surface area contributed by atoms with Crippen LogP contribution in [-0.2, 0) is 14.8 Å². The number of para-hydroxylation sites is 1. The van der Waals surface area contributed by atoms with Crippen molar-refractivity contribution in [3.63, 3.8) is 0 Å². The maximum absolute atomic E-state index is 13.6. The lowest BCUT2D eigenvalue weighted by atomic mass is 10.2. The first-order chi connectivity index (χ1) is 13.8. The molecular formula is C20H22F2N2O4S. The van der Waals surface area contributed by atoms with Gasteiger partial charge in [0.1, 0.15) is 23.1 Å². The first kappa shape index (κ1) is 21.2. The van der Waals surface area contributed by atoms with Gasteiger partial charge in [0, 0.05) is 13.1 Å². The zero-order chi connectivity index (χ0) is 21.0. The highest BCUT2D eigenvalue weighted by Crippen LogP contribution is 2.26. The third-order valence-corrected chi connectivity index (χ3v) is 6.58. The standard InChI is InChI=1S/C20H22F2N2O4S/c1-14-12-15(29(26,27)24-10-3-2-4-11-24)8-9-18(14)28-13-19(25)23-20-16(21)6-5-7-17(20)22/h5-9,12H,2-4,10-11,13H2,1H3,(H,23,25). The molecule has 0 aliphatic carbocycles. The number of benzene rings is 2. The molecule has 0 atom stereocenters. The molecule has 2 aromatic rings. The van der Waals surface area contributed by atoms with Crippen LogP contribution in [-0.4, -0.2) is 38.3 Å². The smallest absolute Gasteiger partial charge is 0.262 e. The van der Waals surface area contributed by atoms with Crippen LogP contribution in [0.4, 0.5) is 14.5 Å². The second-order valence-corrected chi connectivity index (χ2v) is 8.76. The number of carbonyl (C=O) groups excluding carboxylic acids is 1. The fourth-order valence-electron chi connectivity index (χ4n) is 3.13. The zero-order valence-electron chi connectivity index (χ0n) is 16.0. The van der Waals surface area contributed by atoms with Gasteiger partial charge in [-0.2, -0.15) is 4.31 Å². The van der Waals surface area contributed by atoms with E-state index in [-0.39, 0.29) is 4.90 Å². The first-order valence-electron chi connectivity index (χ1n) is 9.26. The molecule has 6 nitrogen and oxygen atoms in total. The number of carbonyl (C=O) groups is 1. The van der Waals surface area contributed by atoms with Crippen LogP contribution < -0.4 is 10.1 Å². The number of sulfonamides is 1. The van der Waals surface area contributed by atoms with Crippen LogP contribution in [0.25, 0.3) is 0 Å². The van der Waals surface area contributed by atoms with E-state index in [0.29, 0.717) is 24.4 Å². The van der Waals surface area contributed by atoms with E-state index in [1.165, 1.54) is 28.6 Å². The lowest BCUT2D eigenvalue weighted by molar-refractivity contribution is -0.118. The van der Waals surface area contributed by atoms with Crippen LogP contribution in [0.1, 0.15) is 24.8 Å². The second kappa shape index (κ2) is 8.87. The van der Waals surface area contributed by atoms with E-state index in [0.717, 1.165) is 31.4 Å². The molecule has 156 valence electrons. The molecule has 29 heavy (non-hydrogen) atoms. The Hall–Kier alpha value is -2.52.